The Balaban J connectivity index is 1.59. The van der Waals surface area contributed by atoms with Crippen LogP contribution in [0.1, 0.15) is 22.5 Å². The van der Waals surface area contributed by atoms with Gasteiger partial charge in [0.25, 0.3) is 5.91 Å². The molecule has 7 heteroatoms. The summed E-state index contributed by atoms with van der Waals surface area (Å²) in [5.41, 5.74) is 3.24. The first-order valence-corrected chi connectivity index (χ1v) is 9.40. The zero-order valence-corrected chi connectivity index (χ0v) is 16.4. The lowest BCUT2D eigenvalue weighted by atomic mass is 10.0. The summed E-state index contributed by atoms with van der Waals surface area (Å²) in [5.74, 6) is 1.53. The highest BCUT2D eigenvalue weighted by atomic mass is 16.5. The van der Waals surface area contributed by atoms with E-state index in [9.17, 15) is 4.79 Å². The van der Waals surface area contributed by atoms with Crippen molar-refractivity contribution in [1.29, 1.82) is 0 Å². The van der Waals surface area contributed by atoms with Gasteiger partial charge in [0.15, 0.2) is 0 Å². The SMILES string of the molecule is COc1ccc(NC(=O)c2cc(N3CCCc4ccccc43)ncn2)c(OC)c1. The van der Waals surface area contributed by atoms with Crippen LogP contribution in [0.25, 0.3) is 0 Å². The summed E-state index contributed by atoms with van der Waals surface area (Å²) in [6.45, 7) is 0.849. The molecule has 3 aromatic rings. The number of hydrogen-bond acceptors (Lipinski definition) is 6. The van der Waals surface area contributed by atoms with Gasteiger partial charge in [0.1, 0.15) is 29.3 Å². The van der Waals surface area contributed by atoms with Crippen molar-refractivity contribution in [2.75, 3.05) is 31.0 Å². The predicted octanol–water partition coefficient (Wildman–Crippen LogP) is 3.83. The monoisotopic (exact) mass is 390 g/mol. The van der Waals surface area contributed by atoms with Gasteiger partial charge in [-0.05, 0) is 36.6 Å². The van der Waals surface area contributed by atoms with Crippen LogP contribution in [0.4, 0.5) is 17.2 Å². The van der Waals surface area contributed by atoms with Crippen LogP contribution in [0, 0.1) is 0 Å². The predicted molar refractivity (Wildman–Crippen MR) is 111 cm³/mol. The van der Waals surface area contributed by atoms with E-state index < -0.39 is 0 Å². The van der Waals surface area contributed by atoms with Gasteiger partial charge in [0.05, 0.1) is 19.9 Å². The summed E-state index contributed by atoms with van der Waals surface area (Å²) in [4.78, 5) is 23.5. The van der Waals surface area contributed by atoms with Crippen molar-refractivity contribution in [1.82, 2.24) is 9.97 Å². The summed E-state index contributed by atoms with van der Waals surface area (Å²) in [5, 5.41) is 2.85. The lowest BCUT2D eigenvalue weighted by Crippen LogP contribution is -2.26. The minimum Gasteiger partial charge on any atom is -0.497 e. The molecular weight excluding hydrogens is 368 g/mol. The number of para-hydroxylation sites is 1. The number of nitrogens with zero attached hydrogens (tertiary/aromatic N) is 3. The van der Waals surface area contributed by atoms with Gasteiger partial charge in [-0.2, -0.15) is 0 Å². The van der Waals surface area contributed by atoms with Gasteiger partial charge in [-0.3, -0.25) is 4.79 Å². The van der Waals surface area contributed by atoms with E-state index >= 15 is 0 Å². The maximum absolute atomic E-state index is 12.8. The quantitative estimate of drug-likeness (QED) is 0.714. The highest BCUT2D eigenvalue weighted by molar-refractivity contribution is 6.04. The molecule has 0 fully saturated rings. The number of rotatable bonds is 5. The van der Waals surface area contributed by atoms with Crippen molar-refractivity contribution >= 4 is 23.1 Å². The number of carbonyl (C=O) groups excluding carboxylic acids is 1. The normalized spacial score (nSPS) is 12.8. The van der Waals surface area contributed by atoms with Crippen LogP contribution < -0.4 is 19.7 Å². The molecule has 0 atom stereocenters. The van der Waals surface area contributed by atoms with Crippen molar-refractivity contribution in [3.63, 3.8) is 0 Å². The molecule has 1 amide bonds. The molecule has 1 aliphatic heterocycles. The summed E-state index contributed by atoms with van der Waals surface area (Å²) < 4.78 is 10.5. The molecule has 1 aliphatic rings. The van der Waals surface area contributed by atoms with Gasteiger partial charge in [-0.1, -0.05) is 18.2 Å². The van der Waals surface area contributed by atoms with Gasteiger partial charge in [0, 0.05) is 24.4 Å². The largest absolute Gasteiger partial charge is 0.497 e. The van der Waals surface area contributed by atoms with Crippen LogP contribution in [0.15, 0.2) is 54.9 Å². The fraction of sp³-hybridized carbons (Fsp3) is 0.227. The van der Waals surface area contributed by atoms with Crippen LogP contribution in [0.2, 0.25) is 0 Å². The third kappa shape index (κ3) is 3.85. The van der Waals surface area contributed by atoms with E-state index in [1.54, 1.807) is 38.5 Å². The highest BCUT2D eigenvalue weighted by Crippen LogP contribution is 2.33. The van der Waals surface area contributed by atoms with E-state index in [4.69, 9.17) is 9.47 Å². The molecule has 1 aromatic heterocycles. The van der Waals surface area contributed by atoms with E-state index in [2.05, 4.69) is 32.3 Å². The second-order valence-corrected chi connectivity index (χ2v) is 6.67. The van der Waals surface area contributed by atoms with Crippen LogP contribution in [0.3, 0.4) is 0 Å². The molecule has 0 aliphatic carbocycles. The molecule has 1 N–H and O–H groups in total. The fourth-order valence-electron chi connectivity index (χ4n) is 3.48. The molecule has 148 valence electrons. The Morgan fingerprint density at radius 3 is 2.76 bits per heavy atom. The van der Waals surface area contributed by atoms with E-state index in [0.717, 1.165) is 25.1 Å². The average Bonchev–Trinajstić information content (AvgIpc) is 2.79. The maximum atomic E-state index is 12.8. The number of amides is 1. The summed E-state index contributed by atoms with van der Waals surface area (Å²) in [6.07, 6.45) is 3.50. The number of nitrogens with one attached hydrogen (secondary N) is 1. The number of fused-ring (bicyclic) bond motifs is 1. The molecule has 29 heavy (non-hydrogen) atoms. The Morgan fingerprint density at radius 2 is 1.93 bits per heavy atom. The van der Waals surface area contributed by atoms with Crippen molar-refractivity contribution in [2.45, 2.75) is 12.8 Å². The van der Waals surface area contributed by atoms with Crippen LogP contribution in [0.5, 0.6) is 11.5 Å². The Hall–Kier alpha value is -3.61. The molecule has 7 nitrogen and oxygen atoms in total. The number of ether oxygens (including phenoxy) is 2. The summed E-state index contributed by atoms with van der Waals surface area (Å²) in [6, 6.07) is 15.2. The number of aryl methyl sites for hydroxylation is 1. The second kappa shape index (κ2) is 8.18. The van der Waals surface area contributed by atoms with E-state index in [1.165, 1.54) is 11.9 Å². The lowest BCUT2D eigenvalue weighted by Gasteiger charge is -2.30. The number of hydrogen-bond donors (Lipinski definition) is 1. The van der Waals surface area contributed by atoms with E-state index in [0.29, 0.717) is 23.0 Å². The molecule has 0 unspecified atom stereocenters. The smallest absolute Gasteiger partial charge is 0.274 e. The van der Waals surface area contributed by atoms with Crippen LogP contribution in [-0.2, 0) is 6.42 Å². The summed E-state index contributed by atoms with van der Waals surface area (Å²) in [7, 11) is 3.12. The Bertz CT molecular complexity index is 1040. The van der Waals surface area contributed by atoms with Crippen molar-refractivity contribution in [2.24, 2.45) is 0 Å². The molecule has 0 saturated carbocycles. The van der Waals surface area contributed by atoms with E-state index in [1.807, 2.05) is 12.1 Å². The molecule has 0 radical (unpaired) electrons. The first kappa shape index (κ1) is 18.7. The fourth-order valence-corrected chi connectivity index (χ4v) is 3.48. The van der Waals surface area contributed by atoms with Gasteiger partial charge in [-0.15, -0.1) is 0 Å². The van der Waals surface area contributed by atoms with Gasteiger partial charge in [0.2, 0.25) is 0 Å². The van der Waals surface area contributed by atoms with E-state index in [-0.39, 0.29) is 11.6 Å². The molecule has 0 saturated heterocycles. The molecule has 2 aromatic carbocycles. The van der Waals surface area contributed by atoms with Crippen LogP contribution in [-0.4, -0.2) is 36.6 Å². The number of anilines is 3. The zero-order valence-electron chi connectivity index (χ0n) is 16.4. The molecule has 0 spiro atoms. The average molecular weight is 390 g/mol. The third-order valence-electron chi connectivity index (χ3n) is 4.93. The first-order chi connectivity index (χ1) is 14.2. The van der Waals surface area contributed by atoms with Gasteiger partial charge >= 0.3 is 0 Å². The van der Waals surface area contributed by atoms with Crippen molar-refractivity contribution in [3.8, 4) is 11.5 Å². The van der Waals surface area contributed by atoms with Crippen LogP contribution >= 0.6 is 0 Å². The minimum absolute atomic E-state index is 0.288. The van der Waals surface area contributed by atoms with Crippen molar-refractivity contribution < 1.29 is 14.3 Å². The topological polar surface area (TPSA) is 76.6 Å². The molecular formula is C22H22N4O3. The molecule has 2 heterocycles. The lowest BCUT2D eigenvalue weighted by molar-refractivity contribution is 0.102. The number of aromatic nitrogens is 2. The second-order valence-electron chi connectivity index (χ2n) is 6.67. The molecule has 0 bridgehead atoms. The number of methoxy groups -OCH3 is 2. The highest BCUT2D eigenvalue weighted by Gasteiger charge is 2.20. The summed E-state index contributed by atoms with van der Waals surface area (Å²) >= 11 is 0. The van der Waals surface area contributed by atoms with Crippen molar-refractivity contribution in [3.05, 3.63) is 66.1 Å². The number of benzene rings is 2. The standard InChI is InChI=1S/C22H22N4O3/c1-28-16-9-10-17(20(12-16)29-2)25-22(27)18-13-21(24-14-23-18)26-11-5-7-15-6-3-4-8-19(15)26/h3-4,6,8-10,12-14H,5,7,11H2,1-2H3,(H,25,27). The minimum atomic E-state index is -0.331. The third-order valence-corrected chi connectivity index (χ3v) is 4.93. The molecule has 4 rings (SSSR count). The van der Waals surface area contributed by atoms with Gasteiger partial charge in [-0.25, -0.2) is 9.97 Å². The Labute approximate surface area is 169 Å². The Kier molecular flexibility index (Phi) is 5.29. The number of carbonyl (C=O) groups is 1. The Morgan fingerprint density at radius 1 is 1.07 bits per heavy atom. The van der Waals surface area contributed by atoms with Gasteiger partial charge < -0.3 is 19.7 Å². The first-order valence-electron chi connectivity index (χ1n) is 9.40. The zero-order chi connectivity index (χ0) is 20.2. The maximum Gasteiger partial charge on any atom is 0.274 e.